The molecule has 90 valence electrons. The minimum atomic E-state index is -4.70. The SMILES string of the molecule is O=c1cc(C(F)(F)F)[nH]c2cc(F)cc(Cl)c12. The van der Waals surface area contributed by atoms with Gasteiger partial charge in [-0.05, 0) is 12.1 Å². The molecular weight excluding hydrogens is 262 g/mol. The minimum absolute atomic E-state index is 0.166. The highest BCUT2D eigenvalue weighted by Gasteiger charge is 2.32. The lowest BCUT2D eigenvalue weighted by Crippen LogP contribution is -2.14. The molecule has 0 bridgehead atoms. The van der Waals surface area contributed by atoms with Gasteiger partial charge in [-0.2, -0.15) is 13.2 Å². The highest BCUT2D eigenvalue weighted by Crippen LogP contribution is 2.29. The lowest BCUT2D eigenvalue weighted by Gasteiger charge is -2.08. The molecular formula is C10H4ClF4NO. The van der Waals surface area contributed by atoms with Gasteiger partial charge in [0.15, 0.2) is 5.43 Å². The molecule has 0 spiro atoms. The van der Waals surface area contributed by atoms with Crippen LogP contribution in [-0.4, -0.2) is 4.98 Å². The monoisotopic (exact) mass is 265 g/mol. The van der Waals surface area contributed by atoms with Crippen LogP contribution in [0.25, 0.3) is 10.9 Å². The smallest absolute Gasteiger partial charge is 0.351 e. The maximum absolute atomic E-state index is 13.0. The van der Waals surface area contributed by atoms with E-state index in [0.29, 0.717) is 6.07 Å². The first kappa shape index (κ1) is 11.9. The molecule has 1 aromatic heterocycles. The summed E-state index contributed by atoms with van der Waals surface area (Å²) in [7, 11) is 0. The largest absolute Gasteiger partial charge is 0.431 e. The Morgan fingerprint density at radius 1 is 1.18 bits per heavy atom. The summed E-state index contributed by atoms with van der Waals surface area (Å²) in [5.41, 5.74) is -2.43. The quantitative estimate of drug-likeness (QED) is 0.728. The molecule has 2 aromatic rings. The Kier molecular flexibility index (Phi) is 2.61. The number of benzene rings is 1. The van der Waals surface area contributed by atoms with E-state index in [2.05, 4.69) is 0 Å². The number of H-pyrrole nitrogens is 1. The third-order valence-electron chi connectivity index (χ3n) is 2.15. The lowest BCUT2D eigenvalue weighted by atomic mass is 10.2. The molecule has 2 rings (SSSR count). The minimum Gasteiger partial charge on any atom is -0.351 e. The second kappa shape index (κ2) is 3.73. The van der Waals surface area contributed by atoms with Crippen molar-refractivity contribution in [2.45, 2.75) is 6.18 Å². The fraction of sp³-hybridized carbons (Fsp3) is 0.100. The van der Waals surface area contributed by atoms with Crippen LogP contribution in [-0.2, 0) is 6.18 Å². The van der Waals surface area contributed by atoms with Crippen molar-refractivity contribution in [3.05, 3.63) is 45.0 Å². The van der Waals surface area contributed by atoms with E-state index in [9.17, 15) is 22.4 Å². The molecule has 0 saturated heterocycles. The van der Waals surface area contributed by atoms with E-state index in [1.165, 1.54) is 0 Å². The molecule has 0 amide bonds. The average molecular weight is 266 g/mol. The van der Waals surface area contributed by atoms with Crippen LogP contribution in [0.1, 0.15) is 5.69 Å². The van der Waals surface area contributed by atoms with Crippen molar-refractivity contribution in [2.24, 2.45) is 0 Å². The number of aromatic nitrogens is 1. The molecule has 1 heterocycles. The third kappa shape index (κ3) is 2.12. The number of fused-ring (bicyclic) bond motifs is 1. The topological polar surface area (TPSA) is 32.9 Å². The van der Waals surface area contributed by atoms with Gasteiger partial charge in [0, 0.05) is 6.07 Å². The number of alkyl halides is 3. The second-order valence-electron chi connectivity index (χ2n) is 3.36. The van der Waals surface area contributed by atoms with Gasteiger partial charge in [0.2, 0.25) is 0 Å². The number of halogens is 5. The first-order valence-electron chi connectivity index (χ1n) is 4.38. The molecule has 0 radical (unpaired) electrons. The number of nitrogens with one attached hydrogen (secondary N) is 1. The van der Waals surface area contributed by atoms with Gasteiger partial charge in [0.1, 0.15) is 11.5 Å². The van der Waals surface area contributed by atoms with Gasteiger partial charge in [-0.15, -0.1) is 0 Å². The van der Waals surface area contributed by atoms with E-state index < -0.39 is 23.1 Å². The van der Waals surface area contributed by atoms with Gasteiger partial charge in [-0.1, -0.05) is 11.6 Å². The summed E-state index contributed by atoms with van der Waals surface area (Å²) in [5, 5.41) is -0.393. The van der Waals surface area contributed by atoms with Gasteiger partial charge in [0.05, 0.1) is 15.9 Å². The zero-order valence-corrected chi connectivity index (χ0v) is 8.79. The molecule has 0 aliphatic heterocycles. The summed E-state index contributed by atoms with van der Waals surface area (Å²) in [5.74, 6) is -0.822. The summed E-state index contributed by atoms with van der Waals surface area (Å²) >= 11 is 5.59. The standard InChI is InChI=1S/C10H4ClF4NO/c11-5-1-4(12)2-6-9(5)7(17)3-8(16-6)10(13,14)15/h1-3H,(H,16,17). The van der Waals surface area contributed by atoms with Crippen molar-refractivity contribution >= 4 is 22.5 Å². The lowest BCUT2D eigenvalue weighted by molar-refractivity contribution is -0.141. The zero-order chi connectivity index (χ0) is 12.8. The fourth-order valence-corrected chi connectivity index (χ4v) is 1.76. The second-order valence-corrected chi connectivity index (χ2v) is 3.76. The molecule has 0 saturated carbocycles. The predicted molar refractivity (Wildman–Crippen MR) is 54.5 cm³/mol. The number of aromatic amines is 1. The predicted octanol–water partition coefficient (Wildman–Crippen LogP) is 3.34. The molecule has 0 fully saturated rings. The summed E-state index contributed by atoms with van der Waals surface area (Å²) < 4.78 is 50.2. The van der Waals surface area contributed by atoms with Gasteiger partial charge >= 0.3 is 6.18 Å². The van der Waals surface area contributed by atoms with Crippen molar-refractivity contribution in [1.29, 1.82) is 0 Å². The van der Waals surface area contributed by atoms with E-state index in [1.54, 1.807) is 0 Å². The van der Waals surface area contributed by atoms with Crippen LogP contribution in [0.15, 0.2) is 23.0 Å². The Morgan fingerprint density at radius 2 is 1.82 bits per heavy atom. The Labute approximate surface area is 96.8 Å². The van der Waals surface area contributed by atoms with Gasteiger partial charge in [-0.3, -0.25) is 4.79 Å². The van der Waals surface area contributed by atoms with E-state index in [4.69, 9.17) is 11.6 Å². The van der Waals surface area contributed by atoms with Crippen molar-refractivity contribution in [3.63, 3.8) is 0 Å². The molecule has 2 nitrogen and oxygen atoms in total. The number of pyridine rings is 1. The Morgan fingerprint density at radius 3 is 2.41 bits per heavy atom. The van der Waals surface area contributed by atoms with Crippen LogP contribution in [0.4, 0.5) is 17.6 Å². The Hall–Kier alpha value is -1.56. The molecule has 0 unspecified atom stereocenters. The zero-order valence-electron chi connectivity index (χ0n) is 8.03. The first-order chi connectivity index (χ1) is 7.79. The fourth-order valence-electron chi connectivity index (χ4n) is 1.46. The van der Waals surface area contributed by atoms with Gasteiger partial charge in [0.25, 0.3) is 0 Å². The third-order valence-corrected chi connectivity index (χ3v) is 2.45. The Bertz CT molecular complexity index is 647. The van der Waals surface area contributed by atoms with Crippen LogP contribution in [0.3, 0.4) is 0 Å². The van der Waals surface area contributed by atoms with E-state index in [1.807, 2.05) is 4.98 Å². The van der Waals surface area contributed by atoms with Crippen LogP contribution in [0.2, 0.25) is 5.02 Å². The maximum atomic E-state index is 13.0. The van der Waals surface area contributed by atoms with Crippen molar-refractivity contribution in [3.8, 4) is 0 Å². The summed E-state index contributed by atoms with van der Waals surface area (Å²) in [6, 6.07) is 2.05. The van der Waals surface area contributed by atoms with Crippen molar-refractivity contribution in [1.82, 2.24) is 4.98 Å². The number of hydrogen-bond donors (Lipinski definition) is 1. The van der Waals surface area contributed by atoms with E-state index in [0.717, 1.165) is 12.1 Å². The Balaban J connectivity index is 2.87. The molecule has 1 N–H and O–H groups in total. The van der Waals surface area contributed by atoms with Crippen LogP contribution >= 0.6 is 11.6 Å². The van der Waals surface area contributed by atoms with Crippen LogP contribution in [0.5, 0.6) is 0 Å². The number of hydrogen-bond acceptors (Lipinski definition) is 1. The van der Waals surface area contributed by atoms with Crippen LogP contribution in [0, 0.1) is 5.82 Å². The highest BCUT2D eigenvalue weighted by molar-refractivity contribution is 6.35. The first-order valence-corrected chi connectivity index (χ1v) is 4.76. The highest BCUT2D eigenvalue weighted by atomic mass is 35.5. The molecule has 1 aromatic carbocycles. The molecule has 0 aliphatic carbocycles. The summed E-state index contributed by atoms with van der Waals surface area (Å²) in [6.07, 6.45) is -4.70. The molecule has 0 atom stereocenters. The van der Waals surface area contributed by atoms with Gasteiger partial charge < -0.3 is 4.98 Å². The van der Waals surface area contributed by atoms with Crippen LogP contribution < -0.4 is 5.43 Å². The molecule has 7 heteroatoms. The van der Waals surface area contributed by atoms with Gasteiger partial charge in [-0.25, -0.2) is 4.39 Å². The van der Waals surface area contributed by atoms with E-state index >= 15 is 0 Å². The summed E-state index contributed by atoms with van der Waals surface area (Å²) in [6.45, 7) is 0. The normalized spacial score (nSPS) is 12.1. The molecule has 0 aliphatic rings. The number of rotatable bonds is 0. The molecule has 17 heavy (non-hydrogen) atoms. The van der Waals surface area contributed by atoms with E-state index in [-0.39, 0.29) is 15.9 Å². The maximum Gasteiger partial charge on any atom is 0.431 e. The van der Waals surface area contributed by atoms with Crippen molar-refractivity contribution in [2.75, 3.05) is 0 Å². The summed E-state index contributed by atoms with van der Waals surface area (Å²) in [4.78, 5) is 13.4. The van der Waals surface area contributed by atoms with Crippen molar-refractivity contribution < 1.29 is 17.6 Å². The average Bonchev–Trinajstić information content (AvgIpc) is 2.13.